The molecule has 0 bridgehead atoms. The van der Waals surface area contributed by atoms with Gasteiger partial charge < -0.3 is 4.74 Å². The fraction of sp³-hybridized carbons (Fsp3) is 0.444. The molecular weight excluding hydrogens is 140 g/mol. The second-order valence-corrected chi connectivity index (χ2v) is 2.50. The molecule has 0 radical (unpaired) electrons. The number of carbonyl (C=O) groups is 1. The third-order valence-corrected chi connectivity index (χ3v) is 1.70. The van der Waals surface area contributed by atoms with Gasteiger partial charge in [0.15, 0.2) is 0 Å². The van der Waals surface area contributed by atoms with E-state index in [-0.39, 0.29) is 5.97 Å². The zero-order chi connectivity index (χ0) is 8.10. The van der Waals surface area contributed by atoms with E-state index < -0.39 is 0 Å². The molecule has 0 spiro atoms. The molecule has 2 heteroatoms. The Morgan fingerprint density at radius 3 is 3.18 bits per heavy atom. The molecule has 0 aromatic carbocycles. The van der Waals surface area contributed by atoms with Crippen molar-refractivity contribution in [2.45, 2.75) is 19.3 Å². The number of rotatable bonds is 1. The second-order valence-electron chi connectivity index (χ2n) is 2.50. The summed E-state index contributed by atoms with van der Waals surface area (Å²) in [5, 5.41) is 0. The Labute approximate surface area is 66.5 Å². The van der Waals surface area contributed by atoms with Crippen molar-refractivity contribution in [3.8, 4) is 0 Å². The molecule has 2 nitrogen and oxygen atoms in total. The van der Waals surface area contributed by atoms with Gasteiger partial charge in [0.1, 0.15) is 0 Å². The number of hydrogen-bond donors (Lipinski definition) is 0. The number of hydrogen-bond acceptors (Lipinski definition) is 2. The highest BCUT2D eigenvalue weighted by Gasteiger charge is 2.08. The lowest BCUT2D eigenvalue weighted by Gasteiger charge is -2.00. The van der Waals surface area contributed by atoms with Gasteiger partial charge >= 0.3 is 5.97 Å². The predicted molar refractivity (Wildman–Crippen MR) is 43.1 cm³/mol. The van der Waals surface area contributed by atoms with Gasteiger partial charge in [-0.3, -0.25) is 0 Å². The fourth-order valence-corrected chi connectivity index (χ4v) is 1.08. The summed E-state index contributed by atoms with van der Waals surface area (Å²) in [5.41, 5.74) is 0.779. The van der Waals surface area contributed by atoms with Crippen LogP contribution < -0.4 is 0 Å². The van der Waals surface area contributed by atoms with Gasteiger partial charge in [0.25, 0.3) is 0 Å². The van der Waals surface area contributed by atoms with E-state index in [4.69, 9.17) is 0 Å². The molecule has 0 fully saturated rings. The average molecular weight is 152 g/mol. The zero-order valence-corrected chi connectivity index (χ0v) is 6.67. The highest BCUT2D eigenvalue weighted by molar-refractivity contribution is 5.88. The van der Waals surface area contributed by atoms with Crippen LogP contribution in [0, 0.1) is 0 Å². The first-order valence-electron chi connectivity index (χ1n) is 3.78. The van der Waals surface area contributed by atoms with E-state index in [0.717, 1.165) is 24.8 Å². The molecule has 0 saturated heterocycles. The van der Waals surface area contributed by atoms with Gasteiger partial charge in [-0.1, -0.05) is 18.2 Å². The Balaban J connectivity index is 2.62. The molecule has 0 aromatic heterocycles. The van der Waals surface area contributed by atoms with Crippen LogP contribution in [0.5, 0.6) is 0 Å². The quantitative estimate of drug-likeness (QED) is 0.536. The van der Waals surface area contributed by atoms with Gasteiger partial charge in [0, 0.05) is 5.57 Å². The summed E-state index contributed by atoms with van der Waals surface area (Å²) in [6.07, 6.45) is 8.74. The van der Waals surface area contributed by atoms with Gasteiger partial charge in [-0.2, -0.15) is 0 Å². The van der Waals surface area contributed by atoms with Crippen molar-refractivity contribution in [3.63, 3.8) is 0 Å². The molecule has 0 aromatic rings. The van der Waals surface area contributed by atoms with Gasteiger partial charge in [-0.15, -0.1) is 0 Å². The minimum absolute atomic E-state index is 0.198. The summed E-state index contributed by atoms with van der Waals surface area (Å²) < 4.78 is 4.60. The topological polar surface area (TPSA) is 26.3 Å². The van der Waals surface area contributed by atoms with Crippen molar-refractivity contribution >= 4 is 5.97 Å². The standard InChI is InChI=1S/C9H12O2/c1-11-9(10)8-6-4-2-3-5-7-8/h2,4,6H,3,5,7H2,1H3. The Bertz CT molecular complexity index is 202. The van der Waals surface area contributed by atoms with Crippen molar-refractivity contribution in [3.05, 3.63) is 23.8 Å². The third kappa shape index (κ3) is 2.22. The first kappa shape index (κ1) is 8.05. The average Bonchev–Trinajstić information content (AvgIpc) is 2.30. The smallest absolute Gasteiger partial charge is 0.333 e. The Morgan fingerprint density at radius 1 is 1.64 bits per heavy atom. The van der Waals surface area contributed by atoms with Crippen LogP contribution in [0.1, 0.15) is 19.3 Å². The minimum atomic E-state index is -0.198. The van der Waals surface area contributed by atoms with Gasteiger partial charge in [-0.05, 0) is 19.3 Å². The third-order valence-electron chi connectivity index (χ3n) is 1.70. The van der Waals surface area contributed by atoms with E-state index >= 15 is 0 Å². The van der Waals surface area contributed by atoms with Crippen LogP contribution in [0.4, 0.5) is 0 Å². The monoisotopic (exact) mass is 152 g/mol. The lowest BCUT2D eigenvalue weighted by molar-refractivity contribution is -0.136. The maximum absolute atomic E-state index is 11.0. The van der Waals surface area contributed by atoms with Crippen LogP contribution in [-0.4, -0.2) is 13.1 Å². The summed E-state index contributed by atoms with van der Waals surface area (Å²) >= 11 is 0. The zero-order valence-electron chi connectivity index (χ0n) is 6.67. The summed E-state index contributed by atoms with van der Waals surface area (Å²) in [6.45, 7) is 0. The first-order valence-corrected chi connectivity index (χ1v) is 3.78. The van der Waals surface area contributed by atoms with Crippen LogP contribution >= 0.6 is 0 Å². The van der Waals surface area contributed by atoms with Crippen molar-refractivity contribution < 1.29 is 9.53 Å². The molecule has 0 aliphatic heterocycles. The van der Waals surface area contributed by atoms with Crippen molar-refractivity contribution in [1.82, 2.24) is 0 Å². The highest BCUT2D eigenvalue weighted by atomic mass is 16.5. The number of ether oxygens (including phenoxy) is 1. The lowest BCUT2D eigenvalue weighted by atomic mass is 10.1. The molecule has 1 rings (SSSR count). The van der Waals surface area contributed by atoms with E-state index in [1.54, 1.807) is 0 Å². The first-order chi connectivity index (χ1) is 5.34. The normalized spacial score (nSPS) is 17.0. The molecule has 0 saturated carbocycles. The van der Waals surface area contributed by atoms with Crippen LogP contribution in [0.3, 0.4) is 0 Å². The van der Waals surface area contributed by atoms with Crippen LogP contribution in [0.15, 0.2) is 23.8 Å². The van der Waals surface area contributed by atoms with E-state index in [9.17, 15) is 4.79 Å². The Kier molecular flexibility index (Phi) is 2.90. The summed E-state index contributed by atoms with van der Waals surface area (Å²) in [4.78, 5) is 11.0. The predicted octanol–water partition coefficient (Wildman–Crippen LogP) is 1.83. The molecule has 0 unspecified atom stereocenters. The second kappa shape index (κ2) is 3.96. The molecule has 60 valence electrons. The number of esters is 1. The summed E-state index contributed by atoms with van der Waals surface area (Å²) in [7, 11) is 1.41. The van der Waals surface area contributed by atoms with E-state index in [1.165, 1.54) is 7.11 Å². The van der Waals surface area contributed by atoms with Gasteiger partial charge in [0.05, 0.1) is 7.11 Å². The van der Waals surface area contributed by atoms with Gasteiger partial charge in [-0.25, -0.2) is 4.79 Å². The molecule has 1 aliphatic carbocycles. The Hall–Kier alpha value is -1.05. The molecule has 0 atom stereocenters. The summed E-state index contributed by atoms with van der Waals surface area (Å²) in [5.74, 6) is -0.198. The molecule has 0 amide bonds. The highest BCUT2D eigenvalue weighted by Crippen LogP contribution is 2.13. The van der Waals surface area contributed by atoms with Crippen LogP contribution in [0.25, 0.3) is 0 Å². The Morgan fingerprint density at radius 2 is 2.45 bits per heavy atom. The number of methoxy groups -OCH3 is 1. The maximum atomic E-state index is 11.0. The van der Waals surface area contributed by atoms with Crippen molar-refractivity contribution in [1.29, 1.82) is 0 Å². The molecular formula is C9H12O2. The van der Waals surface area contributed by atoms with Crippen LogP contribution in [0.2, 0.25) is 0 Å². The van der Waals surface area contributed by atoms with Crippen LogP contribution in [-0.2, 0) is 9.53 Å². The van der Waals surface area contributed by atoms with E-state index in [2.05, 4.69) is 10.8 Å². The van der Waals surface area contributed by atoms with Crippen molar-refractivity contribution in [2.75, 3.05) is 7.11 Å². The summed E-state index contributed by atoms with van der Waals surface area (Å²) in [6, 6.07) is 0. The molecule has 0 N–H and O–H groups in total. The number of carbonyl (C=O) groups excluding carboxylic acids is 1. The lowest BCUT2D eigenvalue weighted by Crippen LogP contribution is -2.03. The largest absolute Gasteiger partial charge is 0.466 e. The molecule has 1 aliphatic rings. The van der Waals surface area contributed by atoms with Crippen molar-refractivity contribution in [2.24, 2.45) is 0 Å². The SMILES string of the molecule is COC(=O)C1=CC=CCCC1. The number of allylic oxidation sites excluding steroid dienone is 3. The molecule has 11 heavy (non-hydrogen) atoms. The van der Waals surface area contributed by atoms with Gasteiger partial charge in [0.2, 0.25) is 0 Å². The van der Waals surface area contributed by atoms with E-state index in [1.807, 2.05) is 12.2 Å². The maximum Gasteiger partial charge on any atom is 0.333 e. The van der Waals surface area contributed by atoms with E-state index in [0.29, 0.717) is 0 Å². The minimum Gasteiger partial charge on any atom is -0.466 e. The molecule has 0 heterocycles. The fourth-order valence-electron chi connectivity index (χ4n) is 1.08.